The lowest BCUT2D eigenvalue weighted by atomic mass is 10.1. The molecule has 1 aliphatic heterocycles. The van der Waals surface area contributed by atoms with Crippen molar-refractivity contribution in [3.63, 3.8) is 0 Å². The van der Waals surface area contributed by atoms with Gasteiger partial charge in [-0.1, -0.05) is 29.8 Å². The van der Waals surface area contributed by atoms with E-state index in [4.69, 9.17) is 11.6 Å². The fourth-order valence-corrected chi connectivity index (χ4v) is 4.98. The molecular formula is C19H22ClN3O3S. The Morgan fingerprint density at radius 2 is 1.89 bits per heavy atom. The molecule has 1 atom stereocenters. The van der Waals surface area contributed by atoms with Gasteiger partial charge in [-0.25, -0.2) is 13.1 Å². The minimum absolute atomic E-state index is 0.0683. The van der Waals surface area contributed by atoms with Crippen molar-refractivity contribution in [1.29, 1.82) is 0 Å². The van der Waals surface area contributed by atoms with E-state index in [1.165, 1.54) is 12.1 Å². The number of rotatable bonds is 4. The van der Waals surface area contributed by atoms with Crippen molar-refractivity contribution in [3.8, 4) is 0 Å². The molecule has 3 rings (SSSR count). The maximum Gasteiger partial charge on any atom is 0.262 e. The van der Waals surface area contributed by atoms with E-state index >= 15 is 0 Å². The number of sulfonamides is 1. The molecule has 1 heterocycles. The minimum Gasteiger partial charge on any atom is -0.364 e. The summed E-state index contributed by atoms with van der Waals surface area (Å²) in [6, 6.07) is 10.1. The fraction of sp³-hybridized carbons (Fsp3) is 0.316. The predicted molar refractivity (Wildman–Crippen MR) is 108 cm³/mol. The molecule has 1 amide bonds. The van der Waals surface area contributed by atoms with Crippen molar-refractivity contribution < 1.29 is 13.2 Å². The molecule has 2 aromatic rings. The molecule has 0 bridgehead atoms. The van der Waals surface area contributed by atoms with Gasteiger partial charge in [0.25, 0.3) is 5.91 Å². The molecule has 2 N–H and O–H groups in total. The summed E-state index contributed by atoms with van der Waals surface area (Å²) in [7, 11) is -3.83. The Labute approximate surface area is 164 Å². The number of nitrogens with zero attached hydrogens (tertiary/aromatic N) is 1. The average Bonchev–Trinajstić information content (AvgIpc) is 2.54. The number of fused-ring (bicyclic) bond motifs is 1. The van der Waals surface area contributed by atoms with Gasteiger partial charge in [0.1, 0.15) is 11.1 Å². The summed E-state index contributed by atoms with van der Waals surface area (Å²) in [6.07, 6.45) is -0.307. The van der Waals surface area contributed by atoms with E-state index in [0.717, 1.165) is 11.3 Å². The largest absolute Gasteiger partial charge is 0.364 e. The van der Waals surface area contributed by atoms with E-state index in [1.54, 1.807) is 18.7 Å². The molecule has 0 saturated heterocycles. The van der Waals surface area contributed by atoms with E-state index in [0.29, 0.717) is 5.69 Å². The van der Waals surface area contributed by atoms with Gasteiger partial charge in [0.2, 0.25) is 10.0 Å². The number of carbonyl (C=O) groups excluding carboxylic acids is 1. The van der Waals surface area contributed by atoms with Gasteiger partial charge < -0.3 is 5.32 Å². The number of carbonyl (C=O) groups is 1. The van der Waals surface area contributed by atoms with Crippen LogP contribution in [0.25, 0.3) is 0 Å². The van der Waals surface area contributed by atoms with Gasteiger partial charge in [0, 0.05) is 11.7 Å². The lowest BCUT2D eigenvalue weighted by Crippen LogP contribution is -2.47. The van der Waals surface area contributed by atoms with Crippen molar-refractivity contribution in [2.75, 3.05) is 10.2 Å². The lowest BCUT2D eigenvalue weighted by molar-refractivity contribution is 0.0976. The predicted octanol–water partition coefficient (Wildman–Crippen LogP) is 3.75. The standard InChI is InChI=1S/C19H22ClN3O3S/c1-11(2)22-27(25,26)18-9-14-16(10-15(18)20)21-13(4)23(19(14)24)17-8-6-5-7-12(17)3/h5-11,13,21-22H,1-4H3. The van der Waals surface area contributed by atoms with E-state index in [1.807, 2.05) is 38.1 Å². The molecule has 144 valence electrons. The van der Waals surface area contributed by atoms with Crippen molar-refractivity contribution in [1.82, 2.24) is 4.72 Å². The van der Waals surface area contributed by atoms with Gasteiger partial charge in [0.15, 0.2) is 0 Å². The number of anilines is 2. The van der Waals surface area contributed by atoms with Gasteiger partial charge in [0.05, 0.1) is 16.3 Å². The molecule has 2 aromatic carbocycles. The highest BCUT2D eigenvalue weighted by Gasteiger charge is 2.33. The number of halogens is 1. The lowest BCUT2D eigenvalue weighted by Gasteiger charge is -2.37. The normalized spacial score (nSPS) is 17.0. The summed E-state index contributed by atoms with van der Waals surface area (Å²) >= 11 is 6.22. The molecule has 0 radical (unpaired) electrons. The second kappa shape index (κ2) is 7.14. The zero-order chi connectivity index (χ0) is 19.9. The Morgan fingerprint density at radius 1 is 1.22 bits per heavy atom. The number of hydrogen-bond acceptors (Lipinski definition) is 4. The first-order valence-corrected chi connectivity index (χ1v) is 10.5. The highest BCUT2D eigenvalue weighted by molar-refractivity contribution is 7.89. The van der Waals surface area contributed by atoms with Gasteiger partial charge in [-0.3, -0.25) is 9.69 Å². The summed E-state index contributed by atoms with van der Waals surface area (Å²) < 4.78 is 27.7. The van der Waals surface area contributed by atoms with Gasteiger partial charge in [-0.05, 0) is 51.5 Å². The molecular weight excluding hydrogens is 386 g/mol. The summed E-state index contributed by atoms with van der Waals surface area (Å²) in [5.74, 6) is -0.275. The first-order valence-electron chi connectivity index (χ1n) is 8.63. The van der Waals surface area contributed by atoms with Crippen LogP contribution >= 0.6 is 11.6 Å². The maximum absolute atomic E-state index is 13.2. The van der Waals surface area contributed by atoms with Crippen molar-refractivity contribution in [2.24, 2.45) is 0 Å². The Morgan fingerprint density at radius 3 is 2.52 bits per heavy atom. The van der Waals surface area contributed by atoms with Gasteiger partial charge in [-0.2, -0.15) is 0 Å². The van der Waals surface area contributed by atoms with Crippen molar-refractivity contribution in [3.05, 3.63) is 52.5 Å². The van der Waals surface area contributed by atoms with Crippen LogP contribution in [-0.4, -0.2) is 26.5 Å². The van der Waals surface area contributed by atoms with Crippen LogP contribution in [0.15, 0.2) is 41.3 Å². The van der Waals surface area contributed by atoms with Gasteiger partial charge in [-0.15, -0.1) is 0 Å². The molecule has 0 saturated carbocycles. The number of nitrogens with one attached hydrogen (secondary N) is 2. The Balaban J connectivity index is 2.11. The Bertz CT molecular complexity index is 1010. The summed E-state index contributed by atoms with van der Waals surface area (Å²) in [4.78, 5) is 14.7. The second-order valence-corrected chi connectivity index (χ2v) is 8.98. The molecule has 1 aliphatic rings. The molecule has 0 spiro atoms. The first-order chi connectivity index (χ1) is 12.6. The number of hydrogen-bond donors (Lipinski definition) is 2. The molecule has 27 heavy (non-hydrogen) atoms. The average molecular weight is 408 g/mol. The first kappa shape index (κ1) is 19.7. The fourth-order valence-electron chi connectivity index (χ4n) is 3.18. The Hall–Kier alpha value is -2.09. The van der Waals surface area contributed by atoms with Crippen molar-refractivity contribution >= 4 is 38.9 Å². The third-order valence-corrected chi connectivity index (χ3v) is 6.45. The van der Waals surface area contributed by atoms with E-state index in [2.05, 4.69) is 10.0 Å². The quantitative estimate of drug-likeness (QED) is 0.808. The van der Waals surface area contributed by atoms with Crippen LogP contribution < -0.4 is 14.9 Å². The smallest absolute Gasteiger partial charge is 0.262 e. The van der Waals surface area contributed by atoms with Crippen LogP contribution in [0.4, 0.5) is 11.4 Å². The molecule has 8 heteroatoms. The molecule has 1 unspecified atom stereocenters. The molecule has 6 nitrogen and oxygen atoms in total. The minimum atomic E-state index is -3.83. The summed E-state index contributed by atoms with van der Waals surface area (Å²) in [5.41, 5.74) is 2.51. The zero-order valence-corrected chi connectivity index (χ0v) is 17.1. The van der Waals surface area contributed by atoms with Crippen LogP contribution in [0.3, 0.4) is 0 Å². The highest BCUT2D eigenvalue weighted by Crippen LogP contribution is 2.35. The summed E-state index contributed by atoms with van der Waals surface area (Å²) in [5, 5.41) is 3.30. The highest BCUT2D eigenvalue weighted by atomic mass is 35.5. The van der Waals surface area contributed by atoms with Crippen molar-refractivity contribution in [2.45, 2.75) is 44.8 Å². The third-order valence-electron chi connectivity index (χ3n) is 4.33. The molecule has 0 aromatic heterocycles. The van der Waals surface area contributed by atoms with Crippen LogP contribution in [0, 0.1) is 6.92 Å². The van der Waals surface area contributed by atoms with Gasteiger partial charge >= 0.3 is 0 Å². The molecule has 0 fully saturated rings. The number of benzene rings is 2. The number of aryl methyl sites for hydroxylation is 1. The monoisotopic (exact) mass is 407 g/mol. The van der Waals surface area contributed by atoms with E-state index < -0.39 is 10.0 Å². The zero-order valence-electron chi connectivity index (χ0n) is 15.6. The number of para-hydroxylation sites is 1. The third kappa shape index (κ3) is 3.67. The second-order valence-electron chi connectivity index (χ2n) is 6.89. The Kier molecular flexibility index (Phi) is 5.20. The van der Waals surface area contributed by atoms with Crippen LogP contribution in [0.1, 0.15) is 36.7 Å². The van der Waals surface area contributed by atoms with E-state index in [-0.39, 0.29) is 33.6 Å². The molecule has 0 aliphatic carbocycles. The SMILES string of the molecule is Cc1ccccc1N1C(=O)c2cc(S(=O)(=O)NC(C)C)c(Cl)cc2NC1C. The van der Waals surface area contributed by atoms with Crippen LogP contribution in [0.5, 0.6) is 0 Å². The van der Waals surface area contributed by atoms with Crippen LogP contribution in [-0.2, 0) is 10.0 Å². The van der Waals surface area contributed by atoms with E-state index in [9.17, 15) is 13.2 Å². The maximum atomic E-state index is 13.2. The summed E-state index contributed by atoms with van der Waals surface area (Å²) in [6.45, 7) is 7.23. The number of amides is 1. The topological polar surface area (TPSA) is 78.5 Å². The van der Waals surface area contributed by atoms with Crippen LogP contribution in [0.2, 0.25) is 5.02 Å².